The Morgan fingerprint density at radius 1 is 0.848 bits per heavy atom. The van der Waals surface area contributed by atoms with Crippen LogP contribution in [-0.2, 0) is 31.5 Å². The van der Waals surface area contributed by atoms with Crippen molar-refractivity contribution in [2.45, 2.75) is 37.3 Å². The van der Waals surface area contributed by atoms with Crippen molar-refractivity contribution in [3.05, 3.63) is 71.8 Å². The summed E-state index contributed by atoms with van der Waals surface area (Å²) in [5.74, 6) is -2.51. The van der Waals surface area contributed by atoms with Gasteiger partial charge in [0.25, 0.3) is 0 Å². The van der Waals surface area contributed by atoms with Crippen LogP contribution >= 0.6 is 11.8 Å². The van der Waals surface area contributed by atoms with Gasteiger partial charge in [-0.3, -0.25) is 9.59 Å². The molecule has 176 valence electrons. The first kappa shape index (κ1) is 25.7. The number of alkyl carbamates (subject to hydrolysis) is 1. The molecule has 0 fully saturated rings. The van der Waals surface area contributed by atoms with E-state index in [-0.39, 0.29) is 18.8 Å². The highest BCUT2D eigenvalue weighted by Gasteiger charge is 2.27. The number of thioether (sulfide) groups is 1. The summed E-state index contributed by atoms with van der Waals surface area (Å²) in [4.78, 5) is 47.4. The van der Waals surface area contributed by atoms with Crippen LogP contribution in [0.15, 0.2) is 60.7 Å². The predicted octanol–water partition coefficient (Wildman–Crippen LogP) is 2.65. The molecule has 2 unspecified atom stereocenters. The molecule has 10 heteroatoms. The average Bonchev–Trinajstić information content (AvgIpc) is 2.80. The quantitative estimate of drug-likeness (QED) is 0.347. The van der Waals surface area contributed by atoms with E-state index in [1.54, 1.807) is 24.3 Å². The molecule has 0 aliphatic heterocycles. The minimum Gasteiger partial charge on any atom is -0.481 e. The number of nitrogens with one attached hydrogen (secondary N) is 2. The lowest BCUT2D eigenvalue weighted by atomic mass is 10.1. The fourth-order valence-corrected chi connectivity index (χ4v) is 3.77. The summed E-state index contributed by atoms with van der Waals surface area (Å²) >= 11 is 1.33. The van der Waals surface area contributed by atoms with Gasteiger partial charge in [0.2, 0.25) is 5.91 Å². The Kier molecular flexibility index (Phi) is 10.8. The van der Waals surface area contributed by atoms with E-state index in [2.05, 4.69) is 10.6 Å². The third-order valence-corrected chi connectivity index (χ3v) is 5.59. The number of carboxylic acids is 2. The van der Waals surface area contributed by atoms with Crippen molar-refractivity contribution in [2.24, 2.45) is 0 Å². The van der Waals surface area contributed by atoms with Gasteiger partial charge in [-0.05, 0) is 17.5 Å². The molecule has 0 bridgehead atoms. The Hall–Kier alpha value is -3.53. The first-order chi connectivity index (χ1) is 15.8. The summed E-state index contributed by atoms with van der Waals surface area (Å²) in [5.41, 5.74) is 1.75. The van der Waals surface area contributed by atoms with E-state index in [9.17, 15) is 24.3 Å². The molecule has 0 aromatic heterocycles. The minimum atomic E-state index is -1.26. The zero-order valence-corrected chi connectivity index (χ0v) is 18.6. The Balaban J connectivity index is 1.92. The van der Waals surface area contributed by atoms with E-state index >= 15 is 0 Å². The van der Waals surface area contributed by atoms with Crippen molar-refractivity contribution in [3.63, 3.8) is 0 Å². The van der Waals surface area contributed by atoms with Gasteiger partial charge in [0.1, 0.15) is 18.7 Å². The molecular weight excluding hydrogens is 448 g/mol. The van der Waals surface area contributed by atoms with Gasteiger partial charge in [0, 0.05) is 17.9 Å². The fourth-order valence-electron chi connectivity index (χ4n) is 2.76. The second-order valence-corrected chi connectivity index (χ2v) is 8.12. The Morgan fingerprint density at radius 3 is 2.03 bits per heavy atom. The summed E-state index contributed by atoms with van der Waals surface area (Å²) < 4.78 is 5.08. The van der Waals surface area contributed by atoms with Crippen LogP contribution in [0.4, 0.5) is 4.79 Å². The largest absolute Gasteiger partial charge is 0.481 e. The number of carbonyl (C=O) groups is 4. The lowest BCUT2D eigenvalue weighted by Crippen LogP contribution is -2.52. The Morgan fingerprint density at radius 2 is 1.45 bits per heavy atom. The lowest BCUT2D eigenvalue weighted by Gasteiger charge is -2.21. The number of hydrogen-bond donors (Lipinski definition) is 4. The van der Waals surface area contributed by atoms with Gasteiger partial charge in [0.05, 0.1) is 0 Å². The van der Waals surface area contributed by atoms with Crippen molar-refractivity contribution in [2.75, 3.05) is 5.75 Å². The van der Waals surface area contributed by atoms with E-state index in [0.717, 1.165) is 11.1 Å². The number of benzene rings is 2. The highest BCUT2D eigenvalue weighted by molar-refractivity contribution is 7.98. The number of carbonyl (C=O) groups excluding carboxylic acids is 2. The Bertz CT molecular complexity index is 925. The van der Waals surface area contributed by atoms with Crippen LogP contribution in [0, 0.1) is 0 Å². The van der Waals surface area contributed by atoms with Gasteiger partial charge in [0.15, 0.2) is 0 Å². The van der Waals surface area contributed by atoms with Crippen LogP contribution in [0.5, 0.6) is 0 Å². The van der Waals surface area contributed by atoms with Gasteiger partial charge in [-0.15, -0.1) is 0 Å². The molecule has 4 N–H and O–H groups in total. The van der Waals surface area contributed by atoms with Gasteiger partial charge >= 0.3 is 18.0 Å². The smallest absolute Gasteiger partial charge is 0.408 e. The highest BCUT2D eigenvalue weighted by atomic mass is 32.2. The summed E-state index contributed by atoms with van der Waals surface area (Å²) in [7, 11) is 0. The normalized spacial score (nSPS) is 12.2. The molecule has 2 atom stereocenters. The molecule has 0 aliphatic rings. The van der Waals surface area contributed by atoms with Crippen molar-refractivity contribution < 1.29 is 34.1 Å². The first-order valence-corrected chi connectivity index (χ1v) is 11.3. The minimum absolute atomic E-state index is 0.0339. The number of hydrogen-bond acceptors (Lipinski definition) is 6. The molecule has 33 heavy (non-hydrogen) atoms. The maximum absolute atomic E-state index is 12.7. The number of carboxylic acid groups (broad SMARTS) is 2. The molecule has 0 aliphatic carbocycles. The van der Waals surface area contributed by atoms with Crippen molar-refractivity contribution >= 4 is 35.7 Å². The molecule has 0 spiro atoms. The van der Waals surface area contributed by atoms with E-state index in [4.69, 9.17) is 9.84 Å². The molecular formula is C23H26N2O7S. The van der Waals surface area contributed by atoms with Crippen molar-refractivity contribution in [1.82, 2.24) is 10.6 Å². The third kappa shape index (κ3) is 10.1. The molecule has 2 aromatic carbocycles. The summed E-state index contributed by atoms with van der Waals surface area (Å²) in [5, 5.41) is 23.1. The Labute approximate surface area is 195 Å². The van der Waals surface area contributed by atoms with E-state index in [1.165, 1.54) is 11.8 Å². The molecule has 9 nitrogen and oxygen atoms in total. The second-order valence-electron chi connectivity index (χ2n) is 7.09. The number of ether oxygens (including phenoxy) is 1. The SMILES string of the molecule is O=C(O)CCC(NC(=O)OCc1ccccc1)C(=O)NC(CSCc1ccccc1)C(=O)O. The van der Waals surface area contributed by atoms with Gasteiger partial charge in [-0.2, -0.15) is 11.8 Å². The summed E-state index contributed by atoms with van der Waals surface area (Å²) in [6, 6.07) is 15.9. The zero-order valence-electron chi connectivity index (χ0n) is 17.8. The monoisotopic (exact) mass is 474 g/mol. The number of rotatable bonds is 13. The van der Waals surface area contributed by atoms with E-state index in [1.807, 2.05) is 36.4 Å². The van der Waals surface area contributed by atoms with Gasteiger partial charge in [-0.25, -0.2) is 9.59 Å². The number of amides is 2. The molecule has 2 rings (SSSR count). The lowest BCUT2D eigenvalue weighted by molar-refractivity contribution is -0.142. The van der Waals surface area contributed by atoms with E-state index < -0.39 is 42.4 Å². The number of aliphatic carboxylic acids is 2. The van der Waals surface area contributed by atoms with Crippen molar-refractivity contribution in [1.29, 1.82) is 0 Å². The first-order valence-electron chi connectivity index (χ1n) is 10.2. The van der Waals surface area contributed by atoms with Crippen LogP contribution in [0.1, 0.15) is 24.0 Å². The van der Waals surface area contributed by atoms with Crippen molar-refractivity contribution in [3.8, 4) is 0 Å². The maximum Gasteiger partial charge on any atom is 0.408 e. The summed E-state index contributed by atoms with van der Waals surface area (Å²) in [6.45, 7) is -0.0339. The van der Waals surface area contributed by atoms with Gasteiger partial charge in [-0.1, -0.05) is 60.7 Å². The molecule has 0 heterocycles. The van der Waals surface area contributed by atoms with Crippen LogP contribution in [0.3, 0.4) is 0 Å². The average molecular weight is 475 g/mol. The molecule has 0 radical (unpaired) electrons. The fraction of sp³-hybridized carbons (Fsp3) is 0.304. The maximum atomic E-state index is 12.7. The highest BCUT2D eigenvalue weighted by Crippen LogP contribution is 2.13. The van der Waals surface area contributed by atoms with Crippen LogP contribution in [0.2, 0.25) is 0 Å². The molecule has 0 saturated heterocycles. The van der Waals surface area contributed by atoms with E-state index in [0.29, 0.717) is 5.75 Å². The molecule has 2 aromatic rings. The zero-order chi connectivity index (χ0) is 24.1. The second kappa shape index (κ2) is 13.8. The van der Waals surface area contributed by atoms with Crippen LogP contribution in [0.25, 0.3) is 0 Å². The van der Waals surface area contributed by atoms with Crippen LogP contribution in [-0.4, -0.2) is 52.0 Å². The van der Waals surface area contributed by atoms with Crippen LogP contribution < -0.4 is 10.6 Å². The molecule has 2 amide bonds. The molecule has 0 saturated carbocycles. The summed E-state index contributed by atoms with van der Waals surface area (Å²) in [6.07, 6.45) is -1.52. The standard InChI is InChI=1S/C23H26N2O7S/c26-20(27)12-11-18(25-23(31)32-13-16-7-3-1-4-8-16)21(28)24-19(22(29)30)15-33-14-17-9-5-2-6-10-17/h1-10,18-19H,11-15H2,(H,24,28)(H,25,31)(H,26,27)(H,29,30). The predicted molar refractivity (Wildman–Crippen MR) is 123 cm³/mol. The third-order valence-electron chi connectivity index (χ3n) is 4.48. The topological polar surface area (TPSA) is 142 Å². The van der Waals surface area contributed by atoms with Gasteiger partial charge < -0.3 is 25.6 Å².